The summed E-state index contributed by atoms with van der Waals surface area (Å²) >= 11 is 0. The fourth-order valence-electron chi connectivity index (χ4n) is 2.47. The van der Waals surface area contributed by atoms with E-state index in [2.05, 4.69) is 52.0 Å². The average molecular weight is 548 g/mol. The molecule has 166 valence electrons. The minimum absolute atomic E-state index is 0. The summed E-state index contributed by atoms with van der Waals surface area (Å²) in [6.45, 7) is 8.94. The summed E-state index contributed by atoms with van der Waals surface area (Å²) in [5.74, 6) is 0.734. The van der Waals surface area contributed by atoms with E-state index in [4.69, 9.17) is 0 Å². The topological polar surface area (TPSA) is 0 Å². The molecule has 1 heteroatoms. The zero-order valence-corrected chi connectivity index (χ0v) is 24.1. The summed E-state index contributed by atoms with van der Waals surface area (Å²) in [4.78, 5) is 0. The maximum Gasteiger partial charge on any atom is 0 e. The van der Waals surface area contributed by atoms with Crippen LogP contribution in [0.4, 0.5) is 0 Å². The van der Waals surface area contributed by atoms with Gasteiger partial charge in [0.2, 0.25) is 0 Å². The van der Waals surface area contributed by atoms with E-state index in [-0.39, 0.29) is 77.8 Å². The van der Waals surface area contributed by atoms with Crippen LogP contribution in [0.2, 0.25) is 0 Å². The molecule has 0 N–H and O–H groups in total. The molecule has 3 aromatic rings. The maximum atomic E-state index is 2.34. The van der Waals surface area contributed by atoms with Crippen molar-refractivity contribution in [1.82, 2.24) is 0 Å². The third-order valence-corrected chi connectivity index (χ3v) is 3.66. The quantitative estimate of drug-likeness (QED) is 0.222. The smallest absolute Gasteiger partial charge is 0 e. The maximum absolute atomic E-state index is 2.34. The van der Waals surface area contributed by atoms with Gasteiger partial charge in [-0.1, -0.05) is 37.3 Å². The minimum atomic E-state index is 0. The predicted molar refractivity (Wildman–Crippen MR) is 134 cm³/mol. The summed E-state index contributed by atoms with van der Waals surface area (Å²) in [5, 5.41) is 2.85. The Kier molecular flexibility index (Phi) is 36.4. The van der Waals surface area contributed by atoms with Crippen LogP contribution in [-0.4, -0.2) is 0 Å². The predicted octanol–water partition coefficient (Wildman–Crippen LogP) is 8.93. The van der Waals surface area contributed by atoms with Crippen LogP contribution in [0.1, 0.15) is 30.5 Å². The normalized spacial score (nSPS) is 7.61. The van der Waals surface area contributed by atoms with Crippen LogP contribution in [0.5, 0.6) is 0 Å². The molecule has 0 bridgehead atoms. The number of hydrogen-bond donors (Lipinski definition) is 0. The summed E-state index contributed by atoms with van der Waals surface area (Å²) in [6, 6.07) is 19.2. The molecule has 0 aliphatic rings. The first kappa shape index (κ1) is 45.7. The molecule has 0 nitrogen and oxygen atoms in total. The third-order valence-electron chi connectivity index (χ3n) is 3.66. The van der Waals surface area contributed by atoms with Gasteiger partial charge in [0, 0.05) is 25.8 Å². The molecule has 0 heterocycles. The van der Waals surface area contributed by atoms with Crippen LogP contribution < -0.4 is 0 Å². The van der Waals surface area contributed by atoms with Crippen LogP contribution in [0, 0.1) is 71.8 Å². The first-order chi connectivity index (χ1) is 9.58. The van der Waals surface area contributed by atoms with Gasteiger partial charge in [0.15, 0.2) is 0 Å². The number of rotatable bonds is 2. The van der Waals surface area contributed by atoms with E-state index in [1.807, 2.05) is 30.3 Å². The van der Waals surface area contributed by atoms with Crippen molar-refractivity contribution in [3.8, 4) is 0 Å². The van der Waals surface area contributed by atoms with Gasteiger partial charge in [-0.2, -0.15) is 24.3 Å². The van der Waals surface area contributed by atoms with Crippen LogP contribution in [0.25, 0.3) is 10.8 Å². The largest absolute Gasteiger partial charge is 0.358 e. The van der Waals surface area contributed by atoms with Crippen molar-refractivity contribution in [3.63, 3.8) is 0 Å². The molecule has 0 amide bonds. The van der Waals surface area contributed by atoms with Crippen molar-refractivity contribution in [1.29, 1.82) is 0 Å². The Bertz CT molecular complexity index is 625. The van der Waals surface area contributed by atoms with E-state index in [0.717, 1.165) is 5.92 Å². The number of fused-ring (bicyclic) bond motifs is 1. The molecule has 0 radical (unpaired) electrons. The average Bonchev–Trinajstić information content (AvgIpc) is 3.05. The summed E-state index contributed by atoms with van der Waals surface area (Å²) in [6.07, 6.45) is 1.19. The molecular weight excluding hydrogens is 503 g/mol. The Morgan fingerprint density at radius 2 is 1.29 bits per heavy atom. The molecular formula is C27H45Hf-9. The van der Waals surface area contributed by atoms with Crippen molar-refractivity contribution in [3.05, 3.63) is 123 Å². The van der Waals surface area contributed by atoms with Gasteiger partial charge in [-0.25, -0.2) is 12.1 Å². The molecule has 0 aromatic heterocycles. The molecule has 0 saturated carbocycles. The van der Waals surface area contributed by atoms with Gasteiger partial charge in [0.25, 0.3) is 0 Å². The molecule has 3 rings (SSSR count). The van der Waals surface area contributed by atoms with Crippen molar-refractivity contribution in [2.24, 2.45) is 5.92 Å². The first-order valence-electron chi connectivity index (χ1n) is 7.40. The fourth-order valence-corrected chi connectivity index (χ4v) is 2.47. The molecule has 0 aliphatic heterocycles. The fraction of sp³-hybridized carbons (Fsp3) is 0.222. The van der Waals surface area contributed by atoms with Gasteiger partial charge in [-0.3, -0.25) is 0 Å². The van der Waals surface area contributed by atoms with E-state index in [1.165, 1.54) is 33.9 Å². The van der Waals surface area contributed by atoms with E-state index in [9.17, 15) is 0 Å². The molecule has 0 atom stereocenters. The van der Waals surface area contributed by atoms with Crippen LogP contribution in [0.15, 0.2) is 54.6 Å². The number of benzene rings is 1. The monoisotopic (exact) mass is 549 g/mol. The van der Waals surface area contributed by atoms with Crippen molar-refractivity contribution in [2.45, 2.75) is 34.1 Å². The minimum Gasteiger partial charge on any atom is -0.358 e. The second-order valence-electron chi connectivity index (χ2n) is 5.94. The Hall–Kier alpha value is -0.950. The van der Waals surface area contributed by atoms with Crippen LogP contribution >= 0.6 is 0 Å². The van der Waals surface area contributed by atoms with Gasteiger partial charge in [-0.15, -0.1) is 34.5 Å². The number of aryl methyl sites for hydroxylation is 2. The van der Waals surface area contributed by atoms with Gasteiger partial charge in [0.05, 0.1) is 0 Å². The zero-order chi connectivity index (χ0) is 14.5. The van der Waals surface area contributed by atoms with E-state index >= 15 is 0 Å². The van der Waals surface area contributed by atoms with E-state index < -0.39 is 0 Å². The van der Waals surface area contributed by atoms with E-state index in [1.54, 1.807) is 0 Å². The Labute approximate surface area is 199 Å². The van der Waals surface area contributed by atoms with Crippen molar-refractivity contribution < 1.29 is 25.8 Å². The van der Waals surface area contributed by atoms with E-state index in [0.29, 0.717) is 0 Å². The molecule has 0 unspecified atom stereocenters. The molecule has 0 spiro atoms. The summed E-state index contributed by atoms with van der Waals surface area (Å²) in [5.41, 5.74) is 4.30. The molecule has 28 heavy (non-hydrogen) atoms. The second kappa shape index (κ2) is 22.3. The summed E-state index contributed by atoms with van der Waals surface area (Å²) in [7, 11) is 0. The summed E-state index contributed by atoms with van der Waals surface area (Å²) < 4.78 is 0. The zero-order valence-electron chi connectivity index (χ0n) is 20.5. The van der Waals surface area contributed by atoms with Crippen LogP contribution in [0.3, 0.4) is 0 Å². The van der Waals surface area contributed by atoms with Crippen molar-refractivity contribution in [2.75, 3.05) is 0 Å². The first-order valence-corrected chi connectivity index (χ1v) is 7.40. The van der Waals surface area contributed by atoms with Crippen LogP contribution in [-0.2, 0) is 32.3 Å². The molecule has 0 fully saturated rings. The number of hydrogen-bond acceptors (Lipinski definition) is 0. The van der Waals surface area contributed by atoms with Gasteiger partial charge >= 0.3 is 0 Å². The Morgan fingerprint density at radius 1 is 0.821 bits per heavy atom. The Balaban J connectivity index is -0.0000000608. The Morgan fingerprint density at radius 3 is 1.68 bits per heavy atom. The second-order valence-corrected chi connectivity index (χ2v) is 5.94. The van der Waals surface area contributed by atoms with Gasteiger partial charge < -0.3 is 52.0 Å². The van der Waals surface area contributed by atoms with Crippen molar-refractivity contribution >= 4 is 10.8 Å². The molecule has 3 aromatic carbocycles. The third kappa shape index (κ3) is 13.3. The standard InChI is InChI=1S/C15H19.C5H5.7CH3.Hf/c1-10(2)7-13-5-6-14-8-11(3)12(4)9-15(13)14;1-2-4-5-3-1;;;;;;;;/h5-6,8-10H,7H2,1-4H3;1-5H;7*1H3;/q9*-1;. The SMILES string of the molecule is Cc1cc2cc[c-](CC(C)C)c2cc1C.[CH3-].[CH3-].[CH3-].[CH3-].[CH3-].[CH3-].[CH3-].[Hf].c1cc[cH-]c1. The van der Waals surface area contributed by atoms with Gasteiger partial charge in [0.1, 0.15) is 0 Å². The van der Waals surface area contributed by atoms with Gasteiger partial charge in [-0.05, 0) is 13.8 Å². The molecule has 0 aliphatic carbocycles. The molecule has 0 saturated heterocycles.